The maximum absolute atomic E-state index is 13.5. The number of hydrazine groups is 1. The van der Waals surface area contributed by atoms with Gasteiger partial charge in [-0.05, 0) is 53.4 Å². The number of hydrogen-bond acceptors (Lipinski definition) is 5. The number of amides is 1. The van der Waals surface area contributed by atoms with Crippen LogP contribution in [0, 0.1) is 5.92 Å². The lowest BCUT2D eigenvalue weighted by atomic mass is 9.85. The third-order valence-corrected chi connectivity index (χ3v) is 7.20. The van der Waals surface area contributed by atoms with Gasteiger partial charge in [0.1, 0.15) is 11.8 Å². The standard InChI is InChI=1S/C22H20BrN3O2S/c1-28-16-10-4-13(5-11-16)19-18-20(25-24-19)22(27)26(15-8-6-14(23)7-9-15)21(18)17-3-2-12-29-17/h2-12,18-21,24-25H,1H3. The number of hydrogen-bond donors (Lipinski definition) is 2. The van der Waals surface area contributed by atoms with Crippen molar-refractivity contribution in [3.8, 4) is 5.75 Å². The molecule has 0 saturated carbocycles. The lowest BCUT2D eigenvalue weighted by Crippen LogP contribution is -2.41. The van der Waals surface area contributed by atoms with E-state index in [4.69, 9.17) is 4.74 Å². The van der Waals surface area contributed by atoms with Crippen LogP contribution in [-0.2, 0) is 4.79 Å². The van der Waals surface area contributed by atoms with Crippen LogP contribution in [0.2, 0.25) is 0 Å². The van der Waals surface area contributed by atoms with Gasteiger partial charge in [0.25, 0.3) is 0 Å². The number of rotatable bonds is 4. The predicted molar refractivity (Wildman–Crippen MR) is 118 cm³/mol. The molecule has 4 atom stereocenters. The van der Waals surface area contributed by atoms with Gasteiger partial charge in [-0.2, -0.15) is 0 Å². The third kappa shape index (κ3) is 3.18. The fourth-order valence-corrected chi connectivity index (χ4v) is 5.53. The first-order chi connectivity index (χ1) is 14.2. The summed E-state index contributed by atoms with van der Waals surface area (Å²) in [6.45, 7) is 0. The normalized spacial score (nSPS) is 26.0. The number of halogens is 1. The van der Waals surface area contributed by atoms with Gasteiger partial charge in [-0.15, -0.1) is 11.3 Å². The van der Waals surface area contributed by atoms with Gasteiger partial charge in [-0.3, -0.25) is 4.79 Å². The molecule has 7 heteroatoms. The van der Waals surface area contributed by atoms with Crippen molar-refractivity contribution < 1.29 is 9.53 Å². The molecule has 29 heavy (non-hydrogen) atoms. The van der Waals surface area contributed by atoms with E-state index in [1.54, 1.807) is 18.4 Å². The maximum atomic E-state index is 13.5. The van der Waals surface area contributed by atoms with Crippen molar-refractivity contribution in [3.63, 3.8) is 0 Å². The summed E-state index contributed by atoms with van der Waals surface area (Å²) in [4.78, 5) is 16.6. The van der Waals surface area contributed by atoms with Crippen molar-refractivity contribution in [3.05, 3.63) is 81.0 Å². The quantitative estimate of drug-likeness (QED) is 0.592. The molecule has 0 aliphatic carbocycles. The molecule has 2 fully saturated rings. The van der Waals surface area contributed by atoms with Gasteiger partial charge in [-0.1, -0.05) is 34.1 Å². The molecule has 0 radical (unpaired) electrons. The molecular weight excluding hydrogens is 450 g/mol. The van der Waals surface area contributed by atoms with E-state index < -0.39 is 0 Å². The van der Waals surface area contributed by atoms with Crippen LogP contribution in [0.5, 0.6) is 5.75 Å². The SMILES string of the molecule is COc1ccc(C2NNC3C(=O)N(c4ccc(Br)cc4)C(c4cccs4)C32)cc1. The Morgan fingerprint density at radius 1 is 1.00 bits per heavy atom. The first-order valence-corrected chi connectivity index (χ1v) is 11.1. The summed E-state index contributed by atoms with van der Waals surface area (Å²) in [5, 5.41) is 2.07. The minimum Gasteiger partial charge on any atom is -0.497 e. The van der Waals surface area contributed by atoms with Gasteiger partial charge in [0.05, 0.1) is 19.2 Å². The summed E-state index contributed by atoms with van der Waals surface area (Å²) in [5.74, 6) is 0.988. The molecule has 2 aliphatic rings. The van der Waals surface area contributed by atoms with Crippen LogP contribution < -0.4 is 20.5 Å². The van der Waals surface area contributed by atoms with Crippen molar-refractivity contribution in [1.29, 1.82) is 0 Å². The number of fused-ring (bicyclic) bond motifs is 1. The number of nitrogens with zero attached hydrogens (tertiary/aromatic N) is 1. The molecule has 2 aromatic carbocycles. The Kier molecular flexibility index (Phi) is 4.91. The van der Waals surface area contributed by atoms with E-state index in [2.05, 4.69) is 56.4 Å². The second-order valence-corrected chi connectivity index (χ2v) is 9.13. The van der Waals surface area contributed by atoms with Crippen LogP contribution in [0.15, 0.2) is 70.5 Å². The minimum atomic E-state index is -0.280. The fraction of sp³-hybridized carbons (Fsp3) is 0.227. The summed E-state index contributed by atoms with van der Waals surface area (Å²) >= 11 is 5.19. The van der Waals surface area contributed by atoms with Gasteiger partial charge in [0, 0.05) is 21.0 Å². The largest absolute Gasteiger partial charge is 0.497 e. The summed E-state index contributed by atoms with van der Waals surface area (Å²) in [5.41, 5.74) is 8.70. The van der Waals surface area contributed by atoms with Crippen molar-refractivity contribution in [1.82, 2.24) is 10.9 Å². The van der Waals surface area contributed by atoms with Crippen molar-refractivity contribution in [2.75, 3.05) is 12.0 Å². The highest BCUT2D eigenvalue weighted by Crippen LogP contribution is 2.50. The molecule has 3 heterocycles. The summed E-state index contributed by atoms with van der Waals surface area (Å²) in [6, 6.07) is 19.9. The van der Waals surface area contributed by atoms with Gasteiger partial charge >= 0.3 is 0 Å². The number of benzene rings is 2. The Morgan fingerprint density at radius 3 is 2.38 bits per heavy atom. The fourth-order valence-electron chi connectivity index (χ4n) is 4.40. The van der Waals surface area contributed by atoms with E-state index in [0.29, 0.717) is 0 Å². The number of carbonyl (C=O) groups is 1. The van der Waals surface area contributed by atoms with E-state index in [-0.39, 0.29) is 30.0 Å². The van der Waals surface area contributed by atoms with Crippen LogP contribution >= 0.6 is 27.3 Å². The number of carbonyl (C=O) groups excluding carboxylic acids is 1. The molecule has 0 spiro atoms. The van der Waals surface area contributed by atoms with E-state index in [1.165, 1.54) is 4.88 Å². The van der Waals surface area contributed by atoms with Crippen LogP contribution in [0.25, 0.3) is 0 Å². The molecule has 148 valence electrons. The molecule has 5 rings (SSSR count). The molecule has 2 saturated heterocycles. The number of methoxy groups -OCH3 is 1. The minimum absolute atomic E-state index is 0.0161. The topological polar surface area (TPSA) is 53.6 Å². The second kappa shape index (κ2) is 7.57. The zero-order valence-electron chi connectivity index (χ0n) is 15.7. The van der Waals surface area contributed by atoms with Gasteiger partial charge in [0.2, 0.25) is 5.91 Å². The Bertz CT molecular complexity index is 1010. The van der Waals surface area contributed by atoms with Crippen LogP contribution in [-0.4, -0.2) is 19.1 Å². The van der Waals surface area contributed by atoms with Crippen molar-refractivity contribution >= 4 is 38.9 Å². The second-order valence-electron chi connectivity index (χ2n) is 7.24. The molecule has 1 amide bonds. The van der Waals surface area contributed by atoms with Crippen molar-refractivity contribution in [2.24, 2.45) is 5.92 Å². The lowest BCUT2D eigenvalue weighted by Gasteiger charge is -2.30. The molecule has 3 aromatic rings. The molecule has 4 unspecified atom stereocenters. The molecule has 2 aliphatic heterocycles. The highest BCUT2D eigenvalue weighted by atomic mass is 79.9. The van der Waals surface area contributed by atoms with Crippen LogP contribution in [0.4, 0.5) is 5.69 Å². The first kappa shape index (κ1) is 18.8. The van der Waals surface area contributed by atoms with Gasteiger partial charge in [-0.25, -0.2) is 10.9 Å². The highest BCUT2D eigenvalue weighted by Gasteiger charge is 2.56. The number of anilines is 1. The zero-order chi connectivity index (χ0) is 20.0. The van der Waals surface area contributed by atoms with Crippen LogP contribution in [0.1, 0.15) is 22.5 Å². The number of thiophene rings is 1. The van der Waals surface area contributed by atoms with E-state index >= 15 is 0 Å². The Hall–Kier alpha value is -2.19. The Morgan fingerprint density at radius 2 is 1.72 bits per heavy atom. The average Bonchev–Trinajstić information content (AvgIpc) is 3.47. The lowest BCUT2D eigenvalue weighted by molar-refractivity contribution is -0.119. The molecule has 2 N–H and O–H groups in total. The monoisotopic (exact) mass is 469 g/mol. The van der Waals surface area contributed by atoms with Crippen LogP contribution in [0.3, 0.4) is 0 Å². The number of ether oxygens (including phenoxy) is 1. The summed E-state index contributed by atoms with van der Waals surface area (Å²) < 4.78 is 6.30. The Balaban J connectivity index is 1.57. The van der Waals surface area contributed by atoms with E-state index in [0.717, 1.165) is 21.5 Å². The highest BCUT2D eigenvalue weighted by molar-refractivity contribution is 9.10. The smallest absolute Gasteiger partial charge is 0.246 e. The summed E-state index contributed by atoms with van der Waals surface area (Å²) in [6.07, 6.45) is 0. The molecule has 0 bridgehead atoms. The van der Waals surface area contributed by atoms with Gasteiger partial charge in [0.15, 0.2) is 0 Å². The van der Waals surface area contributed by atoms with Gasteiger partial charge < -0.3 is 9.64 Å². The predicted octanol–water partition coefficient (Wildman–Crippen LogP) is 4.44. The van der Waals surface area contributed by atoms with E-state index in [9.17, 15) is 4.79 Å². The molecule has 5 nitrogen and oxygen atoms in total. The van der Waals surface area contributed by atoms with E-state index in [1.807, 2.05) is 41.3 Å². The first-order valence-electron chi connectivity index (χ1n) is 9.44. The summed E-state index contributed by atoms with van der Waals surface area (Å²) in [7, 11) is 1.67. The Labute approximate surface area is 181 Å². The molecular formula is C22H20BrN3O2S. The zero-order valence-corrected chi connectivity index (χ0v) is 18.1. The number of nitrogens with one attached hydrogen (secondary N) is 2. The maximum Gasteiger partial charge on any atom is 0.246 e. The van der Waals surface area contributed by atoms with Crippen molar-refractivity contribution in [2.45, 2.75) is 18.1 Å². The third-order valence-electron chi connectivity index (χ3n) is 5.72. The average molecular weight is 470 g/mol. The molecule has 1 aromatic heterocycles.